The second-order valence-corrected chi connectivity index (χ2v) is 3.76. The highest BCUT2D eigenvalue weighted by Crippen LogP contribution is 2.25. The Morgan fingerprint density at radius 3 is 1.86 bits per heavy atom. The van der Waals surface area contributed by atoms with Crippen molar-refractivity contribution in [3.63, 3.8) is 0 Å². The van der Waals surface area contributed by atoms with Gasteiger partial charge in [0.2, 0.25) is 0 Å². The van der Waals surface area contributed by atoms with E-state index in [1.807, 2.05) is 12.1 Å². The van der Waals surface area contributed by atoms with E-state index in [1.165, 1.54) is 0 Å². The van der Waals surface area contributed by atoms with Gasteiger partial charge in [-0.15, -0.1) is 0 Å². The first-order valence-electron chi connectivity index (χ1n) is 4.92. The lowest BCUT2D eigenvalue weighted by Crippen LogP contribution is -2.20. The van der Waals surface area contributed by atoms with Crippen LogP contribution in [-0.4, -0.2) is 0 Å². The summed E-state index contributed by atoms with van der Waals surface area (Å²) in [5.74, 6) is 0. The van der Waals surface area contributed by atoms with Gasteiger partial charge in [-0.05, 0) is 29.5 Å². The maximum Gasteiger partial charge on any atom is 0.0784 e. The molecule has 0 fully saturated rings. The zero-order valence-electron chi connectivity index (χ0n) is 8.68. The molecule has 1 aromatic carbocycles. The molecule has 0 aromatic heterocycles. The monoisotopic (exact) mass is 212 g/mol. The molecule has 0 saturated carbocycles. The minimum atomic E-state index is -0.414. The third-order valence-electron chi connectivity index (χ3n) is 2.39. The maximum absolute atomic E-state index is 6.20. The highest BCUT2D eigenvalue weighted by Gasteiger charge is 2.08. The van der Waals surface area contributed by atoms with Gasteiger partial charge >= 0.3 is 0 Å². The molecule has 3 heteroatoms. The summed E-state index contributed by atoms with van der Waals surface area (Å²) in [7, 11) is 0. The molecule has 0 radical (unpaired) electrons. The number of hydrogen-bond acceptors (Lipinski definition) is 2. The van der Waals surface area contributed by atoms with Gasteiger partial charge in [-0.1, -0.05) is 37.6 Å². The predicted molar refractivity (Wildman–Crippen MR) is 61.3 cm³/mol. The first-order chi connectivity index (χ1) is 6.60. The molecule has 14 heavy (non-hydrogen) atoms. The summed E-state index contributed by atoms with van der Waals surface area (Å²) in [5.41, 5.74) is 14.5. The molecule has 0 atom stereocenters. The van der Waals surface area contributed by atoms with Crippen molar-refractivity contribution >= 4 is 11.6 Å². The topological polar surface area (TPSA) is 52.0 Å². The summed E-state index contributed by atoms with van der Waals surface area (Å²) in [4.78, 5) is 0. The van der Waals surface area contributed by atoms with Crippen molar-refractivity contribution in [1.82, 2.24) is 0 Å². The van der Waals surface area contributed by atoms with Gasteiger partial charge < -0.3 is 11.5 Å². The third-order valence-corrected chi connectivity index (χ3v) is 2.88. The fraction of sp³-hybridized carbons (Fsp3) is 0.455. The van der Waals surface area contributed by atoms with Gasteiger partial charge in [0, 0.05) is 5.02 Å². The van der Waals surface area contributed by atoms with Crippen molar-refractivity contribution in [3.8, 4) is 0 Å². The van der Waals surface area contributed by atoms with Crippen molar-refractivity contribution in [2.75, 3.05) is 0 Å². The summed E-state index contributed by atoms with van der Waals surface area (Å²) in [6.45, 7) is 4.15. The Kier molecular flexibility index (Phi) is 3.93. The van der Waals surface area contributed by atoms with Crippen LogP contribution in [-0.2, 0) is 12.8 Å². The van der Waals surface area contributed by atoms with E-state index in [9.17, 15) is 0 Å². The smallest absolute Gasteiger partial charge is 0.0784 e. The molecular formula is C11H17ClN2. The van der Waals surface area contributed by atoms with Gasteiger partial charge in [0.15, 0.2) is 0 Å². The van der Waals surface area contributed by atoms with E-state index in [0.717, 1.165) is 34.6 Å². The van der Waals surface area contributed by atoms with Crippen LogP contribution in [0.4, 0.5) is 0 Å². The quantitative estimate of drug-likeness (QED) is 0.756. The average Bonchev–Trinajstić information content (AvgIpc) is 2.17. The Balaban J connectivity index is 3.25. The molecule has 0 spiro atoms. The van der Waals surface area contributed by atoms with Gasteiger partial charge in [0.05, 0.1) is 6.17 Å². The van der Waals surface area contributed by atoms with Gasteiger partial charge in [-0.25, -0.2) is 0 Å². The predicted octanol–water partition coefficient (Wildman–Crippen LogP) is 2.38. The van der Waals surface area contributed by atoms with Crippen molar-refractivity contribution in [2.24, 2.45) is 11.5 Å². The molecule has 0 unspecified atom stereocenters. The zero-order valence-corrected chi connectivity index (χ0v) is 9.43. The summed E-state index contributed by atoms with van der Waals surface area (Å²) >= 11 is 6.20. The zero-order chi connectivity index (χ0) is 10.7. The minimum Gasteiger partial charge on any atom is -0.312 e. The van der Waals surface area contributed by atoms with Crippen LogP contribution in [0.1, 0.15) is 36.7 Å². The number of nitrogens with two attached hydrogens (primary N) is 2. The fourth-order valence-corrected chi connectivity index (χ4v) is 1.86. The van der Waals surface area contributed by atoms with E-state index in [0.29, 0.717) is 0 Å². The van der Waals surface area contributed by atoms with Gasteiger partial charge in [-0.2, -0.15) is 0 Å². The molecule has 1 aromatic rings. The number of halogens is 1. The molecule has 0 aliphatic rings. The van der Waals surface area contributed by atoms with E-state index < -0.39 is 6.17 Å². The van der Waals surface area contributed by atoms with Crippen molar-refractivity contribution in [2.45, 2.75) is 32.9 Å². The van der Waals surface area contributed by atoms with Gasteiger partial charge in [-0.3, -0.25) is 0 Å². The molecule has 0 aliphatic heterocycles. The molecule has 0 amide bonds. The SMILES string of the molecule is CCc1cc(C(N)N)cc(CC)c1Cl. The molecule has 0 saturated heterocycles. The fourth-order valence-electron chi connectivity index (χ4n) is 1.48. The van der Waals surface area contributed by atoms with E-state index in [1.54, 1.807) is 0 Å². The molecule has 2 nitrogen and oxygen atoms in total. The van der Waals surface area contributed by atoms with Crippen LogP contribution in [0.15, 0.2) is 12.1 Å². The summed E-state index contributed by atoms with van der Waals surface area (Å²) in [5, 5.41) is 0.861. The van der Waals surface area contributed by atoms with Crippen LogP contribution in [0.5, 0.6) is 0 Å². The Morgan fingerprint density at radius 2 is 1.57 bits per heavy atom. The number of hydrogen-bond donors (Lipinski definition) is 2. The van der Waals surface area contributed by atoms with Crippen molar-refractivity contribution < 1.29 is 0 Å². The lowest BCUT2D eigenvalue weighted by Gasteiger charge is -2.13. The summed E-state index contributed by atoms with van der Waals surface area (Å²) in [6.07, 6.45) is 1.40. The summed E-state index contributed by atoms with van der Waals surface area (Å²) in [6, 6.07) is 3.98. The van der Waals surface area contributed by atoms with E-state index in [-0.39, 0.29) is 0 Å². The molecule has 4 N–H and O–H groups in total. The highest BCUT2D eigenvalue weighted by atomic mass is 35.5. The number of benzene rings is 1. The molecular weight excluding hydrogens is 196 g/mol. The second kappa shape index (κ2) is 4.78. The molecule has 0 heterocycles. The van der Waals surface area contributed by atoms with Crippen LogP contribution >= 0.6 is 11.6 Å². The second-order valence-electron chi connectivity index (χ2n) is 3.39. The number of rotatable bonds is 3. The van der Waals surface area contributed by atoms with Crippen LogP contribution in [0.2, 0.25) is 5.02 Å². The lowest BCUT2D eigenvalue weighted by atomic mass is 10.0. The Bertz CT molecular complexity index is 296. The van der Waals surface area contributed by atoms with E-state index >= 15 is 0 Å². The molecule has 0 aliphatic carbocycles. The lowest BCUT2D eigenvalue weighted by molar-refractivity contribution is 0.769. The standard InChI is InChI=1S/C11H17ClN2/c1-3-7-5-9(11(13)14)6-8(4-2)10(7)12/h5-6,11H,3-4,13-14H2,1-2H3. The largest absolute Gasteiger partial charge is 0.312 e. The minimum absolute atomic E-state index is 0.414. The first-order valence-corrected chi connectivity index (χ1v) is 5.30. The van der Waals surface area contributed by atoms with Crippen molar-refractivity contribution in [1.29, 1.82) is 0 Å². The van der Waals surface area contributed by atoms with Crippen LogP contribution < -0.4 is 11.5 Å². The Hall–Kier alpha value is -0.570. The van der Waals surface area contributed by atoms with Crippen molar-refractivity contribution in [3.05, 3.63) is 33.8 Å². The average molecular weight is 213 g/mol. The molecule has 78 valence electrons. The van der Waals surface area contributed by atoms with Gasteiger partial charge in [0.1, 0.15) is 0 Å². The third kappa shape index (κ3) is 2.27. The Labute approximate surface area is 90.2 Å². The highest BCUT2D eigenvalue weighted by molar-refractivity contribution is 6.32. The van der Waals surface area contributed by atoms with E-state index in [2.05, 4.69) is 13.8 Å². The van der Waals surface area contributed by atoms with Crippen LogP contribution in [0.25, 0.3) is 0 Å². The van der Waals surface area contributed by atoms with Crippen LogP contribution in [0.3, 0.4) is 0 Å². The van der Waals surface area contributed by atoms with Gasteiger partial charge in [0.25, 0.3) is 0 Å². The molecule has 0 bridgehead atoms. The van der Waals surface area contributed by atoms with E-state index in [4.69, 9.17) is 23.1 Å². The summed E-state index contributed by atoms with van der Waals surface area (Å²) < 4.78 is 0. The maximum atomic E-state index is 6.20. The van der Waals surface area contributed by atoms with Crippen LogP contribution in [0, 0.1) is 0 Å². The normalized spacial score (nSPS) is 11.0. The Morgan fingerprint density at radius 1 is 1.14 bits per heavy atom. The number of aryl methyl sites for hydroxylation is 2. The first kappa shape index (κ1) is 11.5. The molecule has 1 rings (SSSR count).